The molecule has 0 amide bonds. The molecule has 0 fully saturated rings. The van der Waals surface area contributed by atoms with Crippen LogP contribution in [0.3, 0.4) is 0 Å². The van der Waals surface area contributed by atoms with Crippen LogP contribution < -0.4 is 0 Å². The minimum Gasteiger partial charge on any atom is -0.478 e. The van der Waals surface area contributed by atoms with Crippen molar-refractivity contribution < 1.29 is 43.6 Å². The molecule has 0 aromatic rings. The number of aliphatic carboxylic acids is 1. The summed E-state index contributed by atoms with van der Waals surface area (Å²) in [6.45, 7) is 0.835. The second-order valence-electron chi connectivity index (χ2n) is 6.06. The average Bonchev–Trinajstić information content (AvgIpc) is 2.69. The summed E-state index contributed by atoms with van der Waals surface area (Å²) >= 11 is 0. The molecular weight excluding hydrogens is 384 g/mol. The Labute approximate surface area is 170 Å². The van der Waals surface area contributed by atoms with Gasteiger partial charge in [0.1, 0.15) is 0 Å². The molecule has 2 N–H and O–H groups in total. The van der Waals surface area contributed by atoms with E-state index in [0.29, 0.717) is 25.3 Å². The highest BCUT2D eigenvalue weighted by atomic mass is 16.5. The van der Waals surface area contributed by atoms with Crippen LogP contribution in [0.25, 0.3) is 0 Å². The fraction of sp³-hybridized carbons (Fsp3) is 0.600. The zero-order valence-electron chi connectivity index (χ0n) is 16.5. The van der Waals surface area contributed by atoms with Crippen LogP contribution in [0, 0.1) is 0 Å². The largest absolute Gasteiger partial charge is 0.478 e. The molecular formula is C20H30O9. The summed E-state index contributed by atoms with van der Waals surface area (Å²) in [5.74, 6) is -3.14. The van der Waals surface area contributed by atoms with Crippen LogP contribution in [-0.2, 0) is 33.4 Å². The predicted octanol–water partition coefficient (Wildman–Crippen LogP) is 1.93. The van der Waals surface area contributed by atoms with Gasteiger partial charge in [0.25, 0.3) is 0 Å². The van der Waals surface area contributed by atoms with E-state index in [1.54, 1.807) is 0 Å². The van der Waals surface area contributed by atoms with Gasteiger partial charge in [-0.2, -0.15) is 0 Å². The normalized spacial score (nSPS) is 10.9. The molecule has 0 aromatic heterocycles. The second-order valence-corrected chi connectivity index (χ2v) is 6.06. The lowest BCUT2D eigenvalue weighted by molar-refractivity contribution is -0.140. The topological polar surface area (TPSA) is 136 Å². The molecule has 9 nitrogen and oxygen atoms in total. The molecule has 164 valence electrons. The summed E-state index contributed by atoms with van der Waals surface area (Å²) in [6.07, 6.45) is 9.58. The maximum atomic E-state index is 11.5. The van der Waals surface area contributed by atoms with Gasteiger partial charge in [0, 0.05) is 30.9 Å². The van der Waals surface area contributed by atoms with E-state index in [4.69, 9.17) is 24.4 Å². The molecule has 0 aliphatic carbocycles. The fourth-order valence-electron chi connectivity index (χ4n) is 2.06. The van der Waals surface area contributed by atoms with Gasteiger partial charge >= 0.3 is 23.9 Å². The highest BCUT2D eigenvalue weighted by Crippen LogP contribution is 2.02. The summed E-state index contributed by atoms with van der Waals surface area (Å²) in [7, 11) is 0. The van der Waals surface area contributed by atoms with Crippen molar-refractivity contribution in [1.29, 1.82) is 0 Å². The predicted molar refractivity (Wildman–Crippen MR) is 103 cm³/mol. The summed E-state index contributed by atoms with van der Waals surface area (Å²) in [4.78, 5) is 44.2. The van der Waals surface area contributed by atoms with Crippen molar-refractivity contribution in [3.63, 3.8) is 0 Å². The molecule has 0 heterocycles. The van der Waals surface area contributed by atoms with Crippen LogP contribution in [-0.4, -0.2) is 60.5 Å². The molecule has 0 unspecified atom stereocenters. The Kier molecular flexibility index (Phi) is 16.9. The van der Waals surface area contributed by atoms with Crippen LogP contribution >= 0.6 is 0 Å². The zero-order chi connectivity index (χ0) is 21.7. The lowest BCUT2D eigenvalue weighted by atomic mass is 10.2. The van der Waals surface area contributed by atoms with Gasteiger partial charge in [-0.05, 0) is 44.9 Å². The third-order valence-electron chi connectivity index (χ3n) is 3.54. The van der Waals surface area contributed by atoms with Gasteiger partial charge < -0.3 is 24.4 Å². The number of aliphatic hydroxyl groups is 1. The van der Waals surface area contributed by atoms with Gasteiger partial charge in [-0.15, -0.1) is 0 Å². The van der Waals surface area contributed by atoms with Crippen molar-refractivity contribution in [1.82, 2.24) is 0 Å². The van der Waals surface area contributed by atoms with E-state index in [1.165, 1.54) is 0 Å². The summed E-state index contributed by atoms with van der Waals surface area (Å²) in [6, 6.07) is 0. The standard InChI is InChI=1S/C20H30O9/c21-13-5-1-2-6-14-28-19(25)11-12-20(26)29-16-8-4-3-7-15-27-18(24)10-9-17(22)23/h9-12,21H,1-8,13-16H2,(H,22,23)/b10-9+,12-11+. The van der Waals surface area contributed by atoms with Gasteiger partial charge in [-0.25, -0.2) is 19.2 Å². The first-order chi connectivity index (χ1) is 14.0. The van der Waals surface area contributed by atoms with Crippen molar-refractivity contribution in [3.8, 4) is 0 Å². The number of esters is 3. The third kappa shape index (κ3) is 19.9. The Morgan fingerprint density at radius 3 is 1.24 bits per heavy atom. The zero-order valence-corrected chi connectivity index (χ0v) is 16.5. The third-order valence-corrected chi connectivity index (χ3v) is 3.54. The Hall–Kier alpha value is -2.68. The average molecular weight is 414 g/mol. The first-order valence-corrected chi connectivity index (χ1v) is 9.66. The summed E-state index contributed by atoms with van der Waals surface area (Å²) in [5, 5.41) is 17.0. The van der Waals surface area contributed by atoms with E-state index in [2.05, 4.69) is 0 Å². The highest BCUT2D eigenvalue weighted by molar-refractivity contribution is 5.91. The molecule has 0 saturated heterocycles. The molecule has 0 bridgehead atoms. The first-order valence-electron chi connectivity index (χ1n) is 9.66. The van der Waals surface area contributed by atoms with E-state index in [-0.39, 0.29) is 26.4 Å². The Bertz CT molecular complexity index is 552. The van der Waals surface area contributed by atoms with E-state index in [9.17, 15) is 19.2 Å². The van der Waals surface area contributed by atoms with Gasteiger partial charge in [0.05, 0.1) is 19.8 Å². The van der Waals surface area contributed by atoms with E-state index in [1.807, 2.05) is 0 Å². The number of rotatable bonds is 17. The van der Waals surface area contributed by atoms with Crippen molar-refractivity contribution in [3.05, 3.63) is 24.3 Å². The molecule has 0 saturated carbocycles. The van der Waals surface area contributed by atoms with E-state index >= 15 is 0 Å². The maximum absolute atomic E-state index is 11.5. The lowest BCUT2D eigenvalue weighted by Crippen LogP contribution is -2.06. The van der Waals surface area contributed by atoms with Crippen molar-refractivity contribution in [2.24, 2.45) is 0 Å². The number of hydrogen-bond acceptors (Lipinski definition) is 8. The molecule has 0 aliphatic heterocycles. The fourth-order valence-corrected chi connectivity index (χ4v) is 2.06. The van der Waals surface area contributed by atoms with Gasteiger partial charge in [-0.3, -0.25) is 0 Å². The molecule has 0 rings (SSSR count). The number of unbranched alkanes of at least 4 members (excludes halogenated alkanes) is 6. The van der Waals surface area contributed by atoms with Crippen molar-refractivity contribution in [2.75, 3.05) is 26.4 Å². The van der Waals surface area contributed by atoms with Gasteiger partial charge in [-0.1, -0.05) is 6.42 Å². The quantitative estimate of drug-likeness (QED) is 0.158. The van der Waals surface area contributed by atoms with Crippen LogP contribution in [0.1, 0.15) is 51.4 Å². The van der Waals surface area contributed by atoms with Gasteiger partial charge in [0.15, 0.2) is 0 Å². The number of ether oxygens (including phenoxy) is 3. The molecule has 0 radical (unpaired) electrons. The van der Waals surface area contributed by atoms with Crippen LogP contribution in [0.15, 0.2) is 24.3 Å². The molecule has 0 aromatic carbocycles. The van der Waals surface area contributed by atoms with Crippen molar-refractivity contribution in [2.45, 2.75) is 51.4 Å². The van der Waals surface area contributed by atoms with Crippen molar-refractivity contribution >= 4 is 23.9 Å². The Morgan fingerprint density at radius 2 is 0.897 bits per heavy atom. The summed E-state index contributed by atoms with van der Waals surface area (Å²) < 4.78 is 14.7. The van der Waals surface area contributed by atoms with Crippen LogP contribution in [0.2, 0.25) is 0 Å². The number of carbonyl (C=O) groups excluding carboxylic acids is 3. The summed E-state index contributed by atoms with van der Waals surface area (Å²) in [5.41, 5.74) is 0. The number of hydrogen-bond donors (Lipinski definition) is 2. The van der Waals surface area contributed by atoms with Gasteiger partial charge in [0.2, 0.25) is 0 Å². The molecule has 29 heavy (non-hydrogen) atoms. The number of carboxylic acids is 1. The van der Waals surface area contributed by atoms with E-state index in [0.717, 1.165) is 50.3 Å². The molecule has 0 aliphatic rings. The first kappa shape index (κ1) is 26.3. The van der Waals surface area contributed by atoms with Crippen LogP contribution in [0.4, 0.5) is 0 Å². The lowest BCUT2D eigenvalue weighted by Gasteiger charge is -2.04. The number of carbonyl (C=O) groups is 4. The monoisotopic (exact) mass is 414 g/mol. The van der Waals surface area contributed by atoms with E-state index < -0.39 is 23.9 Å². The number of aliphatic hydroxyl groups excluding tert-OH is 1. The molecule has 0 spiro atoms. The smallest absolute Gasteiger partial charge is 0.331 e. The molecule has 0 atom stereocenters. The second kappa shape index (κ2) is 18.7. The maximum Gasteiger partial charge on any atom is 0.331 e. The molecule has 9 heteroatoms. The SMILES string of the molecule is O=C(O)/C=C/C(=O)OCCCCCCOC(=O)/C=C/C(=O)OCCCCCCO. The minimum absolute atomic E-state index is 0.161. The number of carboxylic acid groups (broad SMARTS) is 1. The minimum atomic E-state index is -1.21. The highest BCUT2D eigenvalue weighted by Gasteiger charge is 2.02. The van der Waals surface area contributed by atoms with Crippen LogP contribution in [0.5, 0.6) is 0 Å². The Morgan fingerprint density at radius 1 is 0.552 bits per heavy atom. The Balaban J connectivity index is 3.57.